The fourth-order valence-corrected chi connectivity index (χ4v) is 2.63. The van der Waals surface area contributed by atoms with E-state index in [0.29, 0.717) is 5.70 Å². The molecule has 1 aromatic rings. The number of anilines is 1. The predicted molar refractivity (Wildman–Crippen MR) is 77.3 cm³/mol. The Labute approximate surface area is 117 Å². The van der Waals surface area contributed by atoms with Gasteiger partial charge in [0.1, 0.15) is 5.70 Å². The van der Waals surface area contributed by atoms with Crippen molar-refractivity contribution >= 4 is 23.7 Å². The summed E-state index contributed by atoms with van der Waals surface area (Å²) in [5, 5.41) is 4.70. The third-order valence-electron chi connectivity index (χ3n) is 3.74. The van der Waals surface area contributed by atoms with E-state index in [9.17, 15) is 9.59 Å². The van der Waals surface area contributed by atoms with Crippen molar-refractivity contribution in [3.8, 4) is 0 Å². The molecule has 2 heterocycles. The molecule has 2 aliphatic heterocycles. The lowest BCUT2D eigenvalue weighted by Crippen LogP contribution is -2.22. The van der Waals surface area contributed by atoms with Crippen molar-refractivity contribution in [3.05, 3.63) is 35.0 Å². The number of benzene rings is 1. The standard InChI is InChI=1S/C15H17N3O2/c1-10-8-12(18-6-2-3-7-18)5-4-11(10)9-13-14(19)17-15(20)16-13/h4-5,8-9H,2-3,6-7H2,1H3,(H2,16,17,19,20)/b13-9+. The van der Waals surface area contributed by atoms with Gasteiger partial charge in [-0.3, -0.25) is 10.1 Å². The van der Waals surface area contributed by atoms with E-state index in [1.807, 2.05) is 13.0 Å². The van der Waals surface area contributed by atoms with E-state index in [1.54, 1.807) is 6.08 Å². The Morgan fingerprint density at radius 1 is 1.15 bits per heavy atom. The number of carbonyl (C=O) groups excluding carboxylic acids is 2. The van der Waals surface area contributed by atoms with Crippen LogP contribution >= 0.6 is 0 Å². The summed E-state index contributed by atoms with van der Waals surface area (Å²) < 4.78 is 0. The highest BCUT2D eigenvalue weighted by atomic mass is 16.2. The molecule has 2 fully saturated rings. The first kappa shape index (κ1) is 12.7. The molecule has 0 radical (unpaired) electrons. The third kappa shape index (κ3) is 2.39. The van der Waals surface area contributed by atoms with Gasteiger partial charge in [0.15, 0.2) is 0 Å². The Morgan fingerprint density at radius 2 is 1.90 bits per heavy atom. The molecule has 0 aromatic heterocycles. The van der Waals surface area contributed by atoms with Gasteiger partial charge in [-0.15, -0.1) is 0 Å². The van der Waals surface area contributed by atoms with Crippen LogP contribution in [0.1, 0.15) is 24.0 Å². The smallest absolute Gasteiger partial charge is 0.326 e. The van der Waals surface area contributed by atoms with Crippen LogP contribution in [0.15, 0.2) is 23.9 Å². The molecule has 0 atom stereocenters. The topological polar surface area (TPSA) is 61.4 Å². The van der Waals surface area contributed by atoms with Crippen molar-refractivity contribution in [1.82, 2.24) is 10.6 Å². The van der Waals surface area contributed by atoms with Crippen LogP contribution in [-0.2, 0) is 4.79 Å². The minimum Gasteiger partial charge on any atom is -0.372 e. The van der Waals surface area contributed by atoms with Crippen LogP contribution < -0.4 is 15.5 Å². The van der Waals surface area contributed by atoms with Gasteiger partial charge in [0, 0.05) is 18.8 Å². The molecule has 2 saturated heterocycles. The minimum absolute atomic E-state index is 0.298. The summed E-state index contributed by atoms with van der Waals surface area (Å²) in [5.74, 6) is -0.377. The lowest BCUT2D eigenvalue weighted by atomic mass is 10.1. The first-order valence-corrected chi connectivity index (χ1v) is 6.83. The number of imide groups is 1. The van der Waals surface area contributed by atoms with Gasteiger partial charge in [-0.1, -0.05) is 6.07 Å². The monoisotopic (exact) mass is 271 g/mol. The maximum absolute atomic E-state index is 11.5. The van der Waals surface area contributed by atoms with E-state index in [0.717, 1.165) is 24.2 Å². The Bertz CT molecular complexity index is 601. The molecule has 3 amide bonds. The van der Waals surface area contributed by atoms with E-state index < -0.39 is 6.03 Å². The summed E-state index contributed by atoms with van der Waals surface area (Å²) in [6.45, 7) is 4.23. The molecule has 2 aliphatic rings. The number of nitrogens with zero attached hydrogens (tertiary/aromatic N) is 1. The summed E-state index contributed by atoms with van der Waals surface area (Å²) in [7, 11) is 0. The molecule has 104 valence electrons. The average Bonchev–Trinajstić information content (AvgIpc) is 3.02. The number of carbonyl (C=O) groups is 2. The number of aryl methyl sites for hydroxylation is 1. The molecule has 20 heavy (non-hydrogen) atoms. The summed E-state index contributed by atoms with van der Waals surface area (Å²) in [5.41, 5.74) is 3.56. The maximum atomic E-state index is 11.5. The molecule has 1 aromatic carbocycles. The Kier molecular flexibility index (Phi) is 3.18. The van der Waals surface area contributed by atoms with Crippen LogP contribution in [0.3, 0.4) is 0 Å². The summed E-state index contributed by atoms with van der Waals surface area (Å²) in [4.78, 5) is 25.0. The Morgan fingerprint density at radius 3 is 2.50 bits per heavy atom. The van der Waals surface area contributed by atoms with Gasteiger partial charge < -0.3 is 10.2 Å². The minimum atomic E-state index is -0.465. The van der Waals surface area contributed by atoms with Crippen molar-refractivity contribution in [1.29, 1.82) is 0 Å². The second kappa shape index (κ2) is 5.00. The summed E-state index contributed by atoms with van der Waals surface area (Å²) >= 11 is 0. The van der Waals surface area contributed by atoms with Crippen LogP contribution in [0.2, 0.25) is 0 Å². The molecule has 5 heteroatoms. The van der Waals surface area contributed by atoms with E-state index in [1.165, 1.54) is 18.5 Å². The molecule has 0 spiro atoms. The second-order valence-electron chi connectivity index (χ2n) is 5.20. The van der Waals surface area contributed by atoms with Crippen molar-refractivity contribution in [2.75, 3.05) is 18.0 Å². The van der Waals surface area contributed by atoms with Gasteiger partial charge in [-0.25, -0.2) is 4.79 Å². The lowest BCUT2D eigenvalue weighted by Gasteiger charge is -2.18. The normalized spacial score (nSPS) is 20.4. The summed E-state index contributed by atoms with van der Waals surface area (Å²) in [6.07, 6.45) is 4.21. The van der Waals surface area contributed by atoms with Crippen molar-refractivity contribution < 1.29 is 9.59 Å². The SMILES string of the molecule is Cc1cc(N2CCCC2)ccc1/C=C1/NC(=O)NC1=O. The van der Waals surface area contributed by atoms with Crippen LogP contribution in [0.4, 0.5) is 10.5 Å². The highest BCUT2D eigenvalue weighted by Crippen LogP contribution is 2.24. The van der Waals surface area contributed by atoms with Gasteiger partial charge in [0.25, 0.3) is 5.91 Å². The van der Waals surface area contributed by atoms with Gasteiger partial charge in [0.05, 0.1) is 0 Å². The predicted octanol–water partition coefficient (Wildman–Crippen LogP) is 1.78. The molecule has 3 rings (SSSR count). The van der Waals surface area contributed by atoms with Gasteiger partial charge in [-0.2, -0.15) is 0 Å². The quantitative estimate of drug-likeness (QED) is 0.636. The third-order valence-corrected chi connectivity index (χ3v) is 3.74. The molecule has 5 nitrogen and oxygen atoms in total. The van der Waals surface area contributed by atoms with Crippen LogP contribution in [-0.4, -0.2) is 25.0 Å². The number of rotatable bonds is 2. The highest BCUT2D eigenvalue weighted by Gasteiger charge is 2.23. The zero-order valence-corrected chi connectivity index (χ0v) is 11.4. The van der Waals surface area contributed by atoms with Crippen molar-refractivity contribution in [3.63, 3.8) is 0 Å². The van der Waals surface area contributed by atoms with E-state index >= 15 is 0 Å². The number of hydrogen-bond donors (Lipinski definition) is 2. The molecule has 0 aliphatic carbocycles. The zero-order chi connectivity index (χ0) is 14.1. The fraction of sp³-hybridized carbons (Fsp3) is 0.333. The maximum Gasteiger partial charge on any atom is 0.326 e. The van der Waals surface area contributed by atoms with Gasteiger partial charge in [0.2, 0.25) is 0 Å². The molecule has 0 bridgehead atoms. The number of urea groups is 1. The van der Waals surface area contributed by atoms with Crippen molar-refractivity contribution in [2.45, 2.75) is 19.8 Å². The Balaban J connectivity index is 1.86. The number of nitrogens with one attached hydrogen (secondary N) is 2. The number of amides is 3. The second-order valence-corrected chi connectivity index (χ2v) is 5.20. The highest BCUT2D eigenvalue weighted by molar-refractivity contribution is 6.14. The molecule has 2 N–H and O–H groups in total. The first-order valence-electron chi connectivity index (χ1n) is 6.83. The van der Waals surface area contributed by atoms with E-state index in [2.05, 4.69) is 27.7 Å². The average molecular weight is 271 g/mol. The zero-order valence-electron chi connectivity index (χ0n) is 11.4. The summed E-state index contributed by atoms with van der Waals surface area (Å²) in [6, 6.07) is 5.73. The largest absolute Gasteiger partial charge is 0.372 e. The van der Waals surface area contributed by atoms with E-state index in [-0.39, 0.29) is 5.91 Å². The fourth-order valence-electron chi connectivity index (χ4n) is 2.63. The molecular formula is C15H17N3O2. The van der Waals surface area contributed by atoms with Crippen LogP contribution in [0.25, 0.3) is 6.08 Å². The molecule has 0 saturated carbocycles. The van der Waals surface area contributed by atoms with Crippen LogP contribution in [0, 0.1) is 6.92 Å². The van der Waals surface area contributed by atoms with Crippen molar-refractivity contribution in [2.24, 2.45) is 0 Å². The molecular weight excluding hydrogens is 254 g/mol. The molecule has 0 unspecified atom stereocenters. The van der Waals surface area contributed by atoms with Crippen LogP contribution in [0.5, 0.6) is 0 Å². The van der Waals surface area contributed by atoms with Gasteiger partial charge >= 0.3 is 6.03 Å². The lowest BCUT2D eigenvalue weighted by molar-refractivity contribution is -0.115. The first-order chi connectivity index (χ1) is 9.63. The Hall–Kier alpha value is -2.30. The van der Waals surface area contributed by atoms with E-state index in [4.69, 9.17) is 0 Å². The van der Waals surface area contributed by atoms with Gasteiger partial charge in [-0.05, 0) is 49.1 Å². The number of hydrogen-bond acceptors (Lipinski definition) is 3.